The van der Waals surface area contributed by atoms with E-state index in [0.29, 0.717) is 12.3 Å². The Bertz CT molecular complexity index is 711. The Balaban J connectivity index is 2.15. The van der Waals surface area contributed by atoms with E-state index >= 15 is 0 Å². The largest absolute Gasteiger partial charge is 0.493 e. The quantitative estimate of drug-likeness (QED) is 0.845. The normalized spacial score (nSPS) is 17.6. The summed E-state index contributed by atoms with van der Waals surface area (Å²) in [4.78, 5) is 14.8. The third kappa shape index (κ3) is 3.94. The van der Waals surface area contributed by atoms with Gasteiger partial charge >= 0.3 is 0 Å². The van der Waals surface area contributed by atoms with Crippen molar-refractivity contribution >= 4 is 5.91 Å². The Morgan fingerprint density at radius 2 is 1.81 bits per heavy atom. The minimum Gasteiger partial charge on any atom is -0.493 e. The van der Waals surface area contributed by atoms with Crippen LogP contribution in [-0.4, -0.2) is 43.2 Å². The lowest BCUT2D eigenvalue weighted by Crippen LogP contribution is -2.55. The van der Waals surface area contributed by atoms with Gasteiger partial charge in [-0.05, 0) is 49.4 Å². The van der Waals surface area contributed by atoms with Crippen molar-refractivity contribution in [3.63, 3.8) is 0 Å². The Morgan fingerprint density at radius 1 is 1.23 bits per heavy atom. The van der Waals surface area contributed by atoms with Gasteiger partial charge in [-0.2, -0.15) is 5.26 Å². The van der Waals surface area contributed by atoms with E-state index in [-0.39, 0.29) is 17.9 Å². The molecule has 2 rings (SSSR count). The maximum atomic E-state index is 12.7. The van der Waals surface area contributed by atoms with Gasteiger partial charge in [0.2, 0.25) is 5.91 Å². The number of hydrogen-bond donors (Lipinski definition) is 1. The first-order chi connectivity index (χ1) is 12.3. The highest BCUT2D eigenvalue weighted by Crippen LogP contribution is 2.33. The van der Waals surface area contributed by atoms with E-state index in [1.807, 2.05) is 32.9 Å². The minimum atomic E-state index is -0.865. The van der Waals surface area contributed by atoms with Crippen LogP contribution in [0.1, 0.15) is 38.8 Å². The molecule has 1 aliphatic heterocycles. The lowest BCUT2D eigenvalue weighted by Gasteiger charge is -2.35. The van der Waals surface area contributed by atoms with E-state index in [1.165, 1.54) is 5.56 Å². The molecular formula is C20H29N3O3. The predicted molar refractivity (Wildman–Crippen MR) is 100 cm³/mol. The fourth-order valence-corrected chi connectivity index (χ4v) is 3.06. The highest BCUT2D eigenvalue weighted by atomic mass is 16.5. The molecule has 1 heterocycles. The van der Waals surface area contributed by atoms with E-state index in [4.69, 9.17) is 9.47 Å². The Hall–Kier alpha value is -2.26. The van der Waals surface area contributed by atoms with Crippen LogP contribution in [0, 0.1) is 17.2 Å². The van der Waals surface area contributed by atoms with Gasteiger partial charge in [0.05, 0.1) is 26.3 Å². The Kier molecular flexibility index (Phi) is 6.14. The van der Waals surface area contributed by atoms with E-state index in [1.54, 1.807) is 21.1 Å². The number of nitrogens with one attached hydrogen (secondary N) is 1. The molecule has 0 spiro atoms. The third-order valence-electron chi connectivity index (χ3n) is 5.44. The molecule has 6 nitrogen and oxygen atoms in total. The number of methoxy groups -OCH3 is 2. The van der Waals surface area contributed by atoms with Gasteiger partial charge in [0, 0.05) is 13.1 Å². The summed E-state index contributed by atoms with van der Waals surface area (Å²) in [5.74, 6) is 1.34. The lowest BCUT2D eigenvalue weighted by molar-refractivity contribution is -0.127. The number of rotatable bonds is 6. The number of carbonyl (C=O) groups excluding carboxylic acids is 1. The second-order valence-electron chi connectivity index (χ2n) is 7.33. The minimum absolute atomic E-state index is 0.0301. The summed E-state index contributed by atoms with van der Waals surface area (Å²) in [6.45, 7) is 8.97. The summed E-state index contributed by atoms with van der Waals surface area (Å²) < 4.78 is 10.8. The molecule has 1 N–H and O–H groups in total. The molecule has 0 bridgehead atoms. The molecule has 0 saturated heterocycles. The van der Waals surface area contributed by atoms with Crippen LogP contribution < -0.4 is 14.8 Å². The Labute approximate surface area is 156 Å². The van der Waals surface area contributed by atoms with Gasteiger partial charge < -0.3 is 14.8 Å². The summed E-state index contributed by atoms with van der Waals surface area (Å²) in [6, 6.07) is 5.91. The van der Waals surface area contributed by atoms with Crippen LogP contribution in [0.2, 0.25) is 0 Å². The molecule has 6 heteroatoms. The molecule has 26 heavy (non-hydrogen) atoms. The van der Waals surface area contributed by atoms with Crippen molar-refractivity contribution in [2.45, 2.75) is 52.2 Å². The number of fused-ring (bicyclic) bond motifs is 1. The summed E-state index contributed by atoms with van der Waals surface area (Å²) in [5.41, 5.74) is 1.49. The van der Waals surface area contributed by atoms with E-state index in [0.717, 1.165) is 24.3 Å². The van der Waals surface area contributed by atoms with Crippen LogP contribution in [-0.2, 0) is 17.8 Å². The highest BCUT2D eigenvalue weighted by Gasteiger charge is 2.34. The van der Waals surface area contributed by atoms with Crippen LogP contribution in [0.4, 0.5) is 0 Å². The van der Waals surface area contributed by atoms with E-state index in [9.17, 15) is 10.1 Å². The summed E-state index contributed by atoms with van der Waals surface area (Å²) in [6.07, 6.45) is 0.840. The van der Waals surface area contributed by atoms with Crippen LogP contribution in [0.15, 0.2) is 12.1 Å². The van der Waals surface area contributed by atoms with Gasteiger partial charge in [0.1, 0.15) is 5.54 Å². The van der Waals surface area contributed by atoms with Crippen molar-refractivity contribution in [3.8, 4) is 17.6 Å². The van der Waals surface area contributed by atoms with Crippen LogP contribution >= 0.6 is 0 Å². The van der Waals surface area contributed by atoms with Crippen LogP contribution in [0.25, 0.3) is 0 Å². The zero-order valence-corrected chi connectivity index (χ0v) is 16.5. The maximum absolute atomic E-state index is 12.7. The molecule has 1 aromatic rings. The predicted octanol–water partition coefficient (Wildman–Crippen LogP) is 2.50. The summed E-state index contributed by atoms with van der Waals surface area (Å²) in [7, 11) is 3.25. The SMILES string of the molecule is COc1cc2c(cc1OC)CN([C@H](C)C(=O)N[C@](C)(C#N)C(C)C)CC2. The van der Waals surface area contributed by atoms with Crippen LogP contribution in [0.3, 0.4) is 0 Å². The van der Waals surface area contributed by atoms with Crippen molar-refractivity contribution in [2.75, 3.05) is 20.8 Å². The Morgan fingerprint density at radius 3 is 2.31 bits per heavy atom. The fraction of sp³-hybridized carbons (Fsp3) is 0.600. The summed E-state index contributed by atoms with van der Waals surface area (Å²) >= 11 is 0. The standard InChI is InChI=1S/C20H29N3O3/c1-13(2)20(4,12-21)22-19(24)14(3)23-8-7-15-9-17(25-5)18(26-6)10-16(15)11-23/h9-10,13-14H,7-8,11H2,1-6H3,(H,22,24)/t14-,20-/m1/s1. The maximum Gasteiger partial charge on any atom is 0.238 e. The molecule has 142 valence electrons. The fourth-order valence-electron chi connectivity index (χ4n) is 3.06. The molecule has 1 amide bonds. The van der Waals surface area contributed by atoms with Gasteiger partial charge in [-0.3, -0.25) is 9.69 Å². The molecule has 0 aliphatic carbocycles. The van der Waals surface area contributed by atoms with Gasteiger partial charge in [0.15, 0.2) is 11.5 Å². The molecule has 0 unspecified atom stereocenters. The molecule has 1 aliphatic rings. The smallest absolute Gasteiger partial charge is 0.238 e. The first kappa shape index (κ1) is 20.1. The molecule has 1 aromatic carbocycles. The van der Waals surface area contributed by atoms with Crippen molar-refractivity contribution in [2.24, 2.45) is 5.92 Å². The molecule has 0 saturated carbocycles. The van der Waals surface area contributed by atoms with Gasteiger partial charge in [0.25, 0.3) is 0 Å². The molecule has 0 aromatic heterocycles. The molecule has 0 radical (unpaired) electrons. The number of nitrogens with zero attached hydrogens (tertiary/aromatic N) is 2. The van der Waals surface area contributed by atoms with Crippen molar-refractivity contribution in [1.82, 2.24) is 10.2 Å². The second-order valence-corrected chi connectivity index (χ2v) is 7.33. The van der Waals surface area contributed by atoms with Crippen LogP contribution in [0.5, 0.6) is 11.5 Å². The van der Waals surface area contributed by atoms with Crippen molar-refractivity contribution < 1.29 is 14.3 Å². The van der Waals surface area contributed by atoms with Crippen molar-refractivity contribution in [3.05, 3.63) is 23.3 Å². The van der Waals surface area contributed by atoms with E-state index < -0.39 is 5.54 Å². The number of amides is 1. The number of benzene rings is 1. The molecule has 0 fully saturated rings. The second kappa shape index (κ2) is 7.96. The summed E-state index contributed by atoms with van der Waals surface area (Å²) in [5, 5.41) is 12.3. The van der Waals surface area contributed by atoms with Gasteiger partial charge in [-0.25, -0.2) is 0 Å². The number of ether oxygens (including phenoxy) is 2. The number of carbonyl (C=O) groups is 1. The average Bonchev–Trinajstić information content (AvgIpc) is 2.65. The number of hydrogen-bond acceptors (Lipinski definition) is 5. The number of nitriles is 1. The van der Waals surface area contributed by atoms with E-state index in [2.05, 4.69) is 16.3 Å². The zero-order valence-electron chi connectivity index (χ0n) is 16.5. The monoisotopic (exact) mass is 359 g/mol. The zero-order chi connectivity index (χ0) is 19.5. The van der Waals surface area contributed by atoms with Gasteiger partial charge in [-0.1, -0.05) is 13.8 Å². The first-order valence-corrected chi connectivity index (χ1v) is 8.96. The topological polar surface area (TPSA) is 74.6 Å². The highest BCUT2D eigenvalue weighted by molar-refractivity contribution is 5.82. The van der Waals surface area contributed by atoms with Crippen molar-refractivity contribution in [1.29, 1.82) is 5.26 Å². The third-order valence-corrected chi connectivity index (χ3v) is 5.44. The lowest BCUT2D eigenvalue weighted by atomic mass is 9.89. The van der Waals surface area contributed by atoms with Gasteiger partial charge in [-0.15, -0.1) is 0 Å². The average molecular weight is 359 g/mol. The first-order valence-electron chi connectivity index (χ1n) is 8.96. The molecular weight excluding hydrogens is 330 g/mol. The molecule has 2 atom stereocenters.